The number of hydrogen-bond donors (Lipinski definition) is 0. The molecule has 1 aliphatic carbocycles. The van der Waals surface area contributed by atoms with Crippen molar-refractivity contribution < 1.29 is 9.59 Å². The Bertz CT molecular complexity index is 1200. The molecule has 4 nitrogen and oxygen atoms in total. The third kappa shape index (κ3) is 6.90. The number of unbranched alkanes of at least 4 members (excludes halogenated alkanes) is 8. The van der Waals surface area contributed by atoms with Crippen molar-refractivity contribution in [3.05, 3.63) is 77.5 Å². The van der Waals surface area contributed by atoms with Gasteiger partial charge in [0.1, 0.15) is 0 Å². The standard InChI is InChI=1S/C35H44N2O2/c38-34-31-20-15-19-30-29(23-27-36-24-12-8-13-25-36)21-22-32(33(30)31)35(39)37(34)26-14-7-5-3-1-2-4-6-9-16-28-17-10-11-18-28/h10-11,15,17-23,27-28H,1-9,12-14,16,24-26H2/b27-23+. The van der Waals surface area contributed by atoms with Crippen LogP contribution in [0.15, 0.2) is 60.8 Å². The van der Waals surface area contributed by atoms with Gasteiger partial charge >= 0.3 is 0 Å². The maximum absolute atomic E-state index is 13.4. The predicted octanol–water partition coefficient (Wildman–Crippen LogP) is 8.54. The Hall–Kier alpha value is -3.14. The van der Waals surface area contributed by atoms with E-state index in [1.54, 1.807) is 0 Å². The van der Waals surface area contributed by atoms with Crippen LogP contribution < -0.4 is 0 Å². The van der Waals surface area contributed by atoms with Gasteiger partial charge in [-0.3, -0.25) is 14.5 Å². The molecule has 0 aromatic heterocycles. The maximum atomic E-state index is 13.4. The number of carbonyl (C=O) groups is 2. The third-order valence-corrected chi connectivity index (χ3v) is 8.63. The fourth-order valence-corrected chi connectivity index (χ4v) is 6.33. The highest BCUT2D eigenvalue weighted by atomic mass is 16.2. The summed E-state index contributed by atoms with van der Waals surface area (Å²) in [5.74, 6) is 0.395. The van der Waals surface area contributed by atoms with Gasteiger partial charge in [-0.2, -0.15) is 0 Å². The molecule has 39 heavy (non-hydrogen) atoms. The Kier molecular flexibility index (Phi) is 9.69. The number of amides is 2. The second-order valence-electron chi connectivity index (χ2n) is 11.5. The lowest BCUT2D eigenvalue weighted by Crippen LogP contribution is -2.40. The summed E-state index contributed by atoms with van der Waals surface area (Å²) in [6.45, 7) is 2.70. The van der Waals surface area contributed by atoms with Gasteiger partial charge < -0.3 is 4.90 Å². The minimum Gasteiger partial charge on any atom is -0.377 e. The van der Waals surface area contributed by atoms with Crippen LogP contribution >= 0.6 is 0 Å². The Labute approximate surface area is 234 Å². The first-order valence-corrected chi connectivity index (χ1v) is 15.4. The lowest BCUT2D eigenvalue weighted by atomic mass is 9.91. The molecule has 3 aliphatic rings. The summed E-state index contributed by atoms with van der Waals surface area (Å²) in [4.78, 5) is 30.6. The van der Waals surface area contributed by atoms with E-state index in [0.717, 1.165) is 42.3 Å². The van der Waals surface area contributed by atoms with Gasteiger partial charge in [-0.15, -0.1) is 0 Å². The molecule has 4 heteroatoms. The molecule has 0 spiro atoms. The Morgan fingerprint density at radius 2 is 1.36 bits per heavy atom. The third-order valence-electron chi connectivity index (χ3n) is 8.63. The van der Waals surface area contributed by atoms with Crippen LogP contribution in [0, 0.1) is 5.92 Å². The van der Waals surface area contributed by atoms with Gasteiger partial charge in [0.2, 0.25) is 0 Å². The molecule has 5 rings (SSSR count). The Balaban J connectivity index is 1.07. The number of imide groups is 1. The summed E-state index contributed by atoms with van der Waals surface area (Å²) in [7, 11) is 0. The fourth-order valence-electron chi connectivity index (χ4n) is 6.33. The molecule has 0 bridgehead atoms. The van der Waals surface area contributed by atoms with E-state index < -0.39 is 0 Å². The zero-order chi connectivity index (χ0) is 26.9. The summed E-state index contributed by atoms with van der Waals surface area (Å²) in [6, 6.07) is 9.83. The highest BCUT2D eigenvalue weighted by molar-refractivity contribution is 6.26. The molecular formula is C35H44N2O2. The van der Waals surface area contributed by atoms with Gasteiger partial charge in [0.15, 0.2) is 0 Å². The van der Waals surface area contributed by atoms with Crippen molar-refractivity contribution in [2.45, 2.75) is 83.5 Å². The molecule has 0 radical (unpaired) electrons. The van der Waals surface area contributed by atoms with E-state index in [4.69, 9.17) is 0 Å². The molecule has 2 aliphatic heterocycles. The van der Waals surface area contributed by atoms with E-state index in [9.17, 15) is 9.59 Å². The van der Waals surface area contributed by atoms with Crippen molar-refractivity contribution in [3.63, 3.8) is 0 Å². The molecule has 0 saturated carbocycles. The van der Waals surface area contributed by atoms with Gasteiger partial charge in [-0.1, -0.05) is 93.9 Å². The average Bonchev–Trinajstić information content (AvgIpc) is 3.49. The molecule has 2 heterocycles. The molecule has 0 atom stereocenters. The van der Waals surface area contributed by atoms with Crippen molar-refractivity contribution in [3.8, 4) is 0 Å². The van der Waals surface area contributed by atoms with Crippen LogP contribution in [0.5, 0.6) is 0 Å². The number of rotatable bonds is 14. The maximum Gasteiger partial charge on any atom is 0.261 e. The van der Waals surface area contributed by atoms with Crippen molar-refractivity contribution in [1.29, 1.82) is 0 Å². The first-order chi connectivity index (χ1) is 19.2. The summed E-state index contributed by atoms with van der Waals surface area (Å²) < 4.78 is 0. The molecule has 0 N–H and O–H groups in total. The van der Waals surface area contributed by atoms with Crippen LogP contribution in [0.1, 0.15) is 110 Å². The lowest BCUT2D eigenvalue weighted by Gasteiger charge is -2.28. The van der Waals surface area contributed by atoms with Gasteiger partial charge in [-0.05, 0) is 73.4 Å². The number of nitrogens with zero attached hydrogens (tertiary/aromatic N) is 2. The molecule has 1 saturated heterocycles. The average molecular weight is 525 g/mol. The van der Waals surface area contributed by atoms with E-state index in [2.05, 4.69) is 41.5 Å². The number of benzene rings is 2. The number of likely N-dealkylation sites (tertiary alicyclic amines) is 1. The second-order valence-corrected chi connectivity index (χ2v) is 11.5. The molecular weight excluding hydrogens is 480 g/mol. The first-order valence-electron chi connectivity index (χ1n) is 15.4. The molecule has 1 fully saturated rings. The van der Waals surface area contributed by atoms with Gasteiger partial charge in [0.05, 0.1) is 0 Å². The number of carbonyl (C=O) groups excluding carboxylic acids is 2. The molecule has 206 valence electrons. The van der Waals surface area contributed by atoms with Crippen LogP contribution in [0.4, 0.5) is 0 Å². The number of piperidine rings is 1. The quantitative estimate of drug-likeness (QED) is 0.184. The first kappa shape index (κ1) is 27.4. The minimum absolute atomic E-state index is 0.140. The van der Waals surface area contributed by atoms with Crippen LogP contribution in [-0.4, -0.2) is 41.2 Å². The monoisotopic (exact) mass is 524 g/mol. The minimum atomic E-state index is -0.140. The lowest BCUT2D eigenvalue weighted by molar-refractivity contribution is 0.0607. The Morgan fingerprint density at radius 1 is 0.718 bits per heavy atom. The van der Waals surface area contributed by atoms with Crippen LogP contribution in [0.3, 0.4) is 0 Å². The molecule has 0 unspecified atom stereocenters. The highest BCUT2D eigenvalue weighted by Crippen LogP contribution is 2.33. The van der Waals surface area contributed by atoms with Crippen LogP contribution in [0.25, 0.3) is 16.8 Å². The zero-order valence-corrected chi connectivity index (χ0v) is 23.5. The SMILES string of the molecule is O=C1c2cccc3c(/C=C/N4CCCCC4)ccc(c23)C(=O)N1CCCCCCCCCCCC1C=CC=C1. The van der Waals surface area contributed by atoms with Crippen molar-refractivity contribution in [1.82, 2.24) is 9.80 Å². The van der Waals surface area contributed by atoms with Crippen molar-refractivity contribution in [2.24, 2.45) is 5.92 Å². The van der Waals surface area contributed by atoms with E-state index in [1.807, 2.05) is 30.3 Å². The van der Waals surface area contributed by atoms with E-state index in [1.165, 1.54) is 75.5 Å². The number of allylic oxidation sites excluding steroid dienone is 4. The molecule has 2 aromatic rings. The van der Waals surface area contributed by atoms with E-state index >= 15 is 0 Å². The van der Waals surface area contributed by atoms with E-state index in [-0.39, 0.29) is 11.8 Å². The van der Waals surface area contributed by atoms with Crippen LogP contribution in [0.2, 0.25) is 0 Å². The second kappa shape index (κ2) is 13.8. The predicted molar refractivity (Wildman–Crippen MR) is 162 cm³/mol. The van der Waals surface area contributed by atoms with Crippen molar-refractivity contribution >= 4 is 28.7 Å². The van der Waals surface area contributed by atoms with E-state index in [0.29, 0.717) is 23.6 Å². The zero-order valence-electron chi connectivity index (χ0n) is 23.5. The number of hydrogen-bond acceptors (Lipinski definition) is 3. The van der Waals surface area contributed by atoms with Gasteiger partial charge in [-0.25, -0.2) is 0 Å². The van der Waals surface area contributed by atoms with Gasteiger partial charge in [0.25, 0.3) is 11.8 Å². The summed E-state index contributed by atoms with van der Waals surface area (Å²) >= 11 is 0. The highest BCUT2D eigenvalue weighted by Gasteiger charge is 2.32. The largest absolute Gasteiger partial charge is 0.377 e. The Morgan fingerprint density at radius 3 is 2.08 bits per heavy atom. The van der Waals surface area contributed by atoms with Crippen LogP contribution in [-0.2, 0) is 0 Å². The molecule has 2 amide bonds. The normalized spacial score (nSPS) is 17.4. The smallest absolute Gasteiger partial charge is 0.261 e. The van der Waals surface area contributed by atoms with Crippen molar-refractivity contribution in [2.75, 3.05) is 19.6 Å². The molecule has 2 aromatic carbocycles. The fraction of sp³-hybridized carbons (Fsp3) is 0.486. The summed E-state index contributed by atoms with van der Waals surface area (Å²) in [5.41, 5.74) is 2.39. The summed E-state index contributed by atoms with van der Waals surface area (Å²) in [6.07, 6.45) is 29.3. The van der Waals surface area contributed by atoms with Gasteiger partial charge in [0, 0.05) is 36.1 Å². The summed E-state index contributed by atoms with van der Waals surface area (Å²) in [5, 5.41) is 1.81. The topological polar surface area (TPSA) is 40.6 Å².